The molecular weight excluding hydrogens is 530 g/mol. The lowest BCUT2D eigenvalue weighted by Crippen LogP contribution is -2.52. The molecule has 210 valence electrons. The van der Waals surface area contributed by atoms with Gasteiger partial charge in [0.15, 0.2) is 5.76 Å². The van der Waals surface area contributed by atoms with Crippen LogP contribution < -0.4 is 10.3 Å². The highest BCUT2D eigenvalue weighted by molar-refractivity contribution is 6.06. The Kier molecular flexibility index (Phi) is 7.85. The third-order valence-corrected chi connectivity index (χ3v) is 7.11. The Morgan fingerprint density at radius 1 is 0.881 bits per heavy atom. The van der Waals surface area contributed by atoms with Crippen LogP contribution in [0.15, 0.2) is 108 Å². The molecule has 1 fully saturated rings. The summed E-state index contributed by atoms with van der Waals surface area (Å²) in [5.74, 6) is 0.253. The second-order valence-electron chi connectivity index (χ2n) is 9.89. The number of aryl methyl sites for hydroxylation is 1. The third-order valence-electron chi connectivity index (χ3n) is 7.11. The van der Waals surface area contributed by atoms with Gasteiger partial charge in [-0.3, -0.25) is 14.6 Å². The van der Waals surface area contributed by atoms with E-state index in [0.717, 1.165) is 22.4 Å². The lowest BCUT2D eigenvalue weighted by Gasteiger charge is -2.37. The number of hydrazine groups is 1. The molecule has 5 aromatic rings. The number of aromatic nitrogens is 2. The quantitative estimate of drug-likeness (QED) is 0.267. The van der Waals surface area contributed by atoms with E-state index in [1.54, 1.807) is 47.7 Å². The largest absolute Gasteiger partial charge is 0.379 e. The highest BCUT2D eigenvalue weighted by atomic mass is 16.5. The molecule has 0 atom stereocenters. The predicted molar refractivity (Wildman–Crippen MR) is 160 cm³/mol. The number of hydrogen-bond acceptors (Lipinski definition) is 7. The molecule has 0 spiro atoms. The molecular formula is C33H29N5O4. The Hall–Kier alpha value is -5.12. The Labute approximate surface area is 243 Å². The Bertz CT molecular complexity index is 1660. The topological polar surface area (TPSA) is 101 Å². The van der Waals surface area contributed by atoms with Crippen molar-refractivity contribution >= 4 is 23.2 Å². The van der Waals surface area contributed by atoms with Gasteiger partial charge in [-0.05, 0) is 73.2 Å². The smallest absolute Gasteiger partial charge is 0.272 e. The van der Waals surface area contributed by atoms with Crippen LogP contribution in [0.3, 0.4) is 0 Å². The molecule has 0 radical (unpaired) electrons. The number of nitrogens with zero attached hydrogens (tertiary/aromatic N) is 4. The molecule has 0 bridgehead atoms. The lowest BCUT2D eigenvalue weighted by molar-refractivity contribution is 0.0300. The molecule has 1 saturated heterocycles. The molecule has 9 heteroatoms. The monoisotopic (exact) mass is 559 g/mol. The molecule has 3 aromatic carbocycles. The zero-order valence-electron chi connectivity index (χ0n) is 23.1. The summed E-state index contributed by atoms with van der Waals surface area (Å²) in [6, 6.07) is 27.9. The minimum absolute atomic E-state index is 0.130. The average Bonchev–Trinajstić information content (AvgIpc) is 3.58. The van der Waals surface area contributed by atoms with E-state index < -0.39 is 0 Å². The van der Waals surface area contributed by atoms with E-state index in [2.05, 4.69) is 15.5 Å². The van der Waals surface area contributed by atoms with Crippen LogP contribution in [0.25, 0.3) is 22.6 Å². The Morgan fingerprint density at radius 2 is 1.64 bits per heavy atom. The summed E-state index contributed by atoms with van der Waals surface area (Å²) in [6.45, 7) is 4.35. The standard InChI is InChI=1S/C33H29N5O4/c1-23-7-8-25(33(40)38(28-5-3-2-4-6-28)37-17-19-41-20-18-37)21-29(23)30-14-11-26(22-34-30)32(39)36-27-12-9-24(10-13-27)31-15-16-35-42-31/h2-16,21-22H,17-20H2,1H3,(H,36,39). The first kappa shape index (κ1) is 27.1. The van der Waals surface area contributed by atoms with Crippen molar-refractivity contribution in [2.45, 2.75) is 6.92 Å². The highest BCUT2D eigenvalue weighted by Gasteiger charge is 2.26. The fourth-order valence-corrected chi connectivity index (χ4v) is 4.86. The van der Waals surface area contributed by atoms with Crippen LogP contribution in [0.4, 0.5) is 11.4 Å². The summed E-state index contributed by atoms with van der Waals surface area (Å²) in [4.78, 5) is 31.4. The van der Waals surface area contributed by atoms with Gasteiger partial charge in [0.2, 0.25) is 0 Å². The minimum atomic E-state index is -0.272. The number of para-hydroxylation sites is 1. The number of carbonyl (C=O) groups is 2. The Morgan fingerprint density at radius 3 is 2.33 bits per heavy atom. The number of carbonyl (C=O) groups excluding carboxylic acids is 2. The zero-order valence-corrected chi connectivity index (χ0v) is 23.1. The predicted octanol–water partition coefficient (Wildman–Crippen LogP) is 5.86. The van der Waals surface area contributed by atoms with E-state index in [0.29, 0.717) is 54.6 Å². The van der Waals surface area contributed by atoms with Crippen molar-refractivity contribution in [3.05, 3.63) is 120 Å². The van der Waals surface area contributed by atoms with Crippen molar-refractivity contribution in [2.75, 3.05) is 36.6 Å². The number of morpholine rings is 1. The summed E-state index contributed by atoms with van der Waals surface area (Å²) in [5, 5.41) is 10.4. The van der Waals surface area contributed by atoms with Crippen LogP contribution in [0, 0.1) is 6.92 Å². The maximum atomic E-state index is 13.9. The summed E-state index contributed by atoms with van der Waals surface area (Å²) in [5.41, 5.74) is 5.75. The minimum Gasteiger partial charge on any atom is -0.379 e. The number of amides is 2. The van der Waals surface area contributed by atoms with Gasteiger partial charge >= 0.3 is 0 Å². The number of pyridine rings is 1. The maximum absolute atomic E-state index is 13.9. The van der Waals surface area contributed by atoms with Gasteiger partial charge in [-0.25, -0.2) is 10.0 Å². The van der Waals surface area contributed by atoms with E-state index in [1.807, 2.05) is 72.6 Å². The third kappa shape index (κ3) is 5.83. The van der Waals surface area contributed by atoms with E-state index in [9.17, 15) is 9.59 Å². The number of anilines is 2. The van der Waals surface area contributed by atoms with Crippen LogP contribution >= 0.6 is 0 Å². The van der Waals surface area contributed by atoms with Crippen LogP contribution in [0.1, 0.15) is 26.3 Å². The fourth-order valence-electron chi connectivity index (χ4n) is 4.86. The van der Waals surface area contributed by atoms with Crippen LogP contribution in [-0.2, 0) is 4.74 Å². The summed E-state index contributed by atoms with van der Waals surface area (Å²) < 4.78 is 10.7. The molecule has 3 heterocycles. The molecule has 0 aliphatic carbocycles. The molecule has 6 rings (SSSR count). The van der Waals surface area contributed by atoms with Crippen molar-refractivity contribution < 1.29 is 18.8 Å². The van der Waals surface area contributed by atoms with Crippen molar-refractivity contribution in [1.82, 2.24) is 15.1 Å². The van der Waals surface area contributed by atoms with Gasteiger partial charge < -0.3 is 14.6 Å². The van der Waals surface area contributed by atoms with Crippen LogP contribution in [0.5, 0.6) is 0 Å². The number of nitrogens with one attached hydrogen (secondary N) is 1. The van der Waals surface area contributed by atoms with Crippen LogP contribution in [-0.4, -0.2) is 53.3 Å². The number of benzene rings is 3. The molecule has 1 aliphatic rings. The first-order valence-corrected chi connectivity index (χ1v) is 13.7. The van der Waals surface area contributed by atoms with Crippen molar-refractivity contribution in [3.8, 4) is 22.6 Å². The van der Waals surface area contributed by atoms with Gasteiger partial charge in [0, 0.05) is 47.7 Å². The second kappa shape index (κ2) is 12.2. The first-order chi connectivity index (χ1) is 20.6. The fraction of sp³-hybridized carbons (Fsp3) is 0.152. The number of hydrogen-bond donors (Lipinski definition) is 1. The van der Waals surface area contributed by atoms with Gasteiger partial charge in [-0.1, -0.05) is 29.4 Å². The van der Waals surface area contributed by atoms with Crippen molar-refractivity contribution in [2.24, 2.45) is 0 Å². The molecule has 2 amide bonds. The van der Waals surface area contributed by atoms with Gasteiger partial charge in [-0.15, -0.1) is 0 Å². The van der Waals surface area contributed by atoms with E-state index in [4.69, 9.17) is 9.26 Å². The SMILES string of the molecule is Cc1ccc(C(=O)N(c2ccccc2)N2CCOCC2)cc1-c1ccc(C(=O)Nc2ccc(-c3ccno3)cc2)cn1. The Balaban J connectivity index is 1.20. The molecule has 1 N–H and O–H groups in total. The molecule has 9 nitrogen and oxygen atoms in total. The number of rotatable bonds is 7. The number of ether oxygens (including phenoxy) is 1. The molecule has 42 heavy (non-hydrogen) atoms. The van der Waals surface area contributed by atoms with Crippen molar-refractivity contribution in [3.63, 3.8) is 0 Å². The second-order valence-corrected chi connectivity index (χ2v) is 9.89. The summed E-state index contributed by atoms with van der Waals surface area (Å²) in [6.07, 6.45) is 3.13. The summed E-state index contributed by atoms with van der Waals surface area (Å²) >= 11 is 0. The van der Waals surface area contributed by atoms with Crippen LogP contribution in [0.2, 0.25) is 0 Å². The zero-order chi connectivity index (χ0) is 28.9. The van der Waals surface area contributed by atoms with Gasteiger partial charge in [-0.2, -0.15) is 0 Å². The molecule has 0 unspecified atom stereocenters. The normalized spacial score (nSPS) is 13.5. The van der Waals surface area contributed by atoms with E-state index in [-0.39, 0.29) is 11.8 Å². The average molecular weight is 560 g/mol. The van der Waals surface area contributed by atoms with Gasteiger partial charge in [0.05, 0.1) is 36.4 Å². The summed E-state index contributed by atoms with van der Waals surface area (Å²) in [7, 11) is 0. The molecule has 1 aliphatic heterocycles. The van der Waals surface area contributed by atoms with Crippen molar-refractivity contribution in [1.29, 1.82) is 0 Å². The van der Waals surface area contributed by atoms with E-state index in [1.165, 1.54) is 0 Å². The first-order valence-electron chi connectivity index (χ1n) is 13.7. The molecule has 2 aromatic heterocycles. The lowest BCUT2D eigenvalue weighted by atomic mass is 10.0. The maximum Gasteiger partial charge on any atom is 0.272 e. The van der Waals surface area contributed by atoms with Gasteiger partial charge in [0.1, 0.15) is 0 Å². The van der Waals surface area contributed by atoms with E-state index >= 15 is 0 Å². The molecule has 0 saturated carbocycles. The van der Waals surface area contributed by atoms with Gasteiger partial charge in [0.25, 0.3) is 11.8 Å². The highest BCUT2D eigenvalue weighted by Crippen LogP contribution is 2.27.